The van der Waals surface area contributed by atoms with E-state index in [1.54, 1.807) is 13.3 Å². The molecule has 2 aromatic carbocycles. The second kappa shape index (κ2) is 9.48. The normalized spacial score (nSPS) is 10.6. The summed E-state index contributed by atoms with van der Waals surface area (Å²) < 4.78 is 7.20. The molecule has 0 saturated carbocycles. The lowest BCUT2D eigenvalue weighted by molar-refractivity contribution is -0.118. The number of ether oxygens (including phenoxy) is 1. The molecule has 7 heteroatoms. The topological polar surface area (TPSA) is 56.2 Å². The van der Waals surface area contributed by atoms with Crippen molar-refractivity contribution < 1.29 is 9.53 Å². The van der Waals surface area contributed by atoms with Gasteiger partial charge in [-0.25, -0.2) is 4.98 Å². The standard InChI is InChI=1S/C20H20ClN3O2S/c1-26-17-8-6-15(7-9-17)13-24-11-10-22-20(24)27-14-19(25)23-12-16-4-2-3-5-18(16)21/h2-11H,12-14H2,1H3,(H,23,25). The zero-order valence-corrected chi connectivity index (χ0v) is 16.5. The van der Waals surface area contributed by atoms with E-state index >= 15 is 0 Å². The van der Waals surface area contributed by atoms with Gasteiger partial charge in [-0.1, -0.05) is 53.7 Å². The maximum absolute atomic E-state index is 12.1. The van der Waals surface area contributed by atoms with Gasteiger partial charge >= 0.3 is 0 Å². The van der Waals surface area contributed by atoms with E-state index in [9.17, 15) is 4.79 Å². The summed E-state index contributed by atoms with van der Waals surface area (Å²) in [6.45, 7) is 1.10. The van der Waals surface area contributed by atoms with Gasteiger partial charge < -0.3 is 14.6 Å². The average molecular weight is 402 g/mol. The van der Waals surface area contributed by atoms with Crippen LogP contribution in [0.25, 0.3) is 0 Å². The van der Waals surface area contributed by atoms with E-state index in [2.05, 4.69) is 10.3 Å². The van der Waals surface area contributed by atoms with Crippen LogP contribution >= 0.6 is 23.4 Å². The monoisotopic (exact) mass is 401 g/mol. The van der Waals surface area contributed by atoms with Crippen molar-refractivity contribution in [2.75, 3.05) is 12.9 Å². The molecule has 0 aliphatic heterocycles. The number of aromatic nitrogens is 2. The number of benzene rings is 2. The lowest BCUT2D eigenvalue weighted by atomic mass is 10.2. The number of halogens is 1. The van der Waals surface area contributed by atoms with Gasteiger partial charge in [-0.3, -0.25) is 4.79 Å². The highest BCUT2D eigenvalue weighted by atomic mass is 35.5. The molecule has 0 aliphatic carbocycles. The van der Waals surface area contributed by atoms with Crippen LogP contribution < -0.4 is 10.1 Å². The summed E-state index contributed by atoms with van der Waals surface area (Å²) in [5, 5.41) is 4.35. The van der Waals surface area contributed by atoms with E-state index in [1.807, 2.05) is 59.3 Å². The molecule has 5 nitrogen and oxygen atoms in total. The molecule has 0 aliphatic rings. The molecule has 3 aromatic rings. The average Bonchev–Trinajstić information content (AvgIpc) is 3.13. The summed E-state index contributed by atoms with van der Waals surface area (Å²) in [6, 6.07) is 15.4. The molecule has 140 valence electrons. The minimum atomic E-state index is -0.0566. The summed E-state index contributed by atoms with van der Waals surface area (Å²) in [5.41, 5.74) is 2.04. The van der Waals surface area contributed by atoms with Crippen molar-refractivity contribution in [3.05, 3.63) is 77.1 Å². The zero-order chi connectivity index (χ0) is 19.1. The predicted molar refractivity (Wildman–Crippen MR) is 108 cm³/mol. The molecule has 3 rings (SSSR count). The van der Waals surface area contributed by atoms with E-state index in [4.69, 9.17) is 16.3 Å². The van der Waals surface area contributed by atoms with Crippen molar-refractivity contribution in [3.63, 3.8) is 0 Å². The second-order valence-electron chi connectivity index (χ2n) is 5.84. The molecule has 0 fully saturated rings. The Bertz CT molecular complexity index is 896. The van der Waals surface area contributed by atoms with Crippen molar-refractivity contribution in [2.24, 2.45) is 0 Å². The summed E-state index contributed by atoms with van der Waals surface area (Å²) in [6.07, 6.45) is 3.65. The minimum absolute atomic E-state index is 0.0566. The van der Waals surface area contributed by atoms with E-state index in [0.29, 0.717) is 23.9 Å². The zero-order valence-electron chi connectivity index (χ0n) is 14.9. The minimum Gasteiger partial charge on any atom is -0.497 e. The number of rotatable bonds is 8. The van der Waals surface area contributed by atoms with Crippen LogP contribution in [0.3, 0.4) is 0 Å². The van der Waals surface area contributed by atoms with Crippen LogP contribution in [0.1, 0.15) is 11.1 Å². The Balaban J connectivity index is 1.52. The lowest BCUT2D eigenvalue weighted by Gasteiger charge is -2.09. The largest absolute Gasteiger partial charge is 0.497 e. The number of nitrogens with one attached hydrogen (secondary N) is 1. The maximum atomic E-state index is 12.1. The molecule has 0 bridgehead atoms. The van der Waals surface area contributed by atoms with Gasteiger partial charge in [0.25, 0.3) is 0 Å². The molecular formula is C20H20ClN3O2S. The lowest BCUT2D eigenvalue weighted by Crippen LogP contribution is -2.24. The van der Waals surface area contributed by atoms with Gasteiger partial charge in [-0.05, 0) is 29.3 Å². The van der Waals surface area contributed by atoms with Crippen LogP contribution in [0.4, 0.5) is 0 Å². The summed E-state index contributed by atoms with van der Waals surface area (Å²) >= 11 is 7.52. The van der Waals surface area contributed by atoms with Gasteiger partial charge in [-0.15, -0.1) is 0 Å². The van der Waals surface area contributed by atoms with Gasteiger partial charge in [0.15, 0.2) is 5.16 Å². The number of nitrogens with zero attached hydrogens (tertiary/aromatic N) is 2. The quantitative estimate of drug-likeness (QED) is 0.579. The van der Waals surface area contributed by atoms with E-state index in [1.165, 1.54) is 11.8 Å². The number of amides is 1. The second-order valence-corrected chi connectivity index (χ2v) is 7.19. The van der Waals surface area contributed by atoms with Gasteiger partial charge in [0.05, 0.1) is 12.9 Å². The molecule has 0 spiro atoms. The van der Waals surface area contributed by atoms with Crippen molar-refractivity contribution in [1.82, 2.24) is 14.9 Å². The third-order valence-electron chi connectivity index (χ3n) is 3.96. The third kappa shape index (κ3) is 5.52. The molecule has 27 heavy (non-hydrogen) atoms. The highest BCUT2D eigenvalue weighted by molar-refractivity contribution is 7.99. The fourth-order valence-corrected chi connectivity index (χ4v) is 3.49. The number of hydrogen-bond donors (Lipinski definition) is 1. The van der Waals surface area contributed by atoms with Gasteiger partial charge in [-0.2, -0.15) is 0 Å². The molecule has 1 heterocycles. The van der Waals surface area contributed by atoms with E-state index < -0.39 is 0 Å². The number of hydrogen-bond acceptors (Lipinski definition) is 4. The Labute approximate surface area is 167 Å². The van der Waals surface area contributed by atoms with Crippen LogP contribution in [-0.2, 0) is 17.9 Å². The third-order valence-corrected chi connectivity index (χ3v) is 5.33. The predicted octanol–water partition coefficient (Wildman–Crippen LogP) is 4.00. The molecule has 0 unspecified atom stereocenters. The smallest absolute Gasteiger partial charge is 0.230 e. The first-order valence-electron chi connectivity index (χ1n) is 8.42. The van der Waals surface area contributed by atoms with Crippen molar-refractivity contribution in [3.8, 4) is 5.75 Å². The first kappa shape index (κ1) is 19.3. The van der Waals surface area contributed by atoms with Crippen molar-refractivity contribution in [2.45, 2.75) is 18.2 Å². The Kier molecular flexibility index (Phi) is 6.79. The number of methoxy groups -OCH3 is 1. The molecule has 0 atom stereocenters. The Hall–Kier alpha value is -2.44. The van der Waals surface area contributed by atoms with Gasteiger partial charge in [0.1, 0.15) is 5.75 Å². The summed E-state index contributed by atoms with van der Waals surface area (Å²) in [7, 11) is 1.65. The van der Waals surface area contributed by atoms with Crippen LogP contribution in [0.15, 0.2) is 66.1 Å². The summed E-state index contributed by atoms with van der Waals surface area (Å²) in [5.74, 6) is 1.07. The number of imidazole rings is 1. The summed E-state index contributed by atoms with van der Waals surface area (Å²) in [4.78, 5) is 16.5. The molecule has 1 N–H and O–H groups in total. The van der Waals surface area contributed by atoms with E-state index in [-0.39, 0.29) is 5.91 Å². The van der Waals surface area contributed by atoms with E-state index in [0.717, 1.165) is 22.0 Å². The van der Waals surface area contributed by atoms with Crippen LogP contribution in [-0.4, -0.2) is 28.3 Å². The Morgan fingerprint density at radius 3 is 2.74 bits per heavy atom. The Morgan fingerprint density at radius 2 is 2.00 bits per heavy atom. The van der Waals surface area contributed by atoms with Gasteiger partial charge in [0, 0.05) is 30.5 Å². The SMILES string of the molecule is COc1ccc(Cn2ccnc2SCC(=O)NCc2ccccc2Cl)cc1. The number of carbonyl (C=O) groups excluding carboxylic acids is 1. The van der Waals surface area contributed by atoms with Crippen LogP contribution in [0.2, 0.25) is 5.02 Å². The highest BCUT2D eigenvalue weighted by Gasteiger charge is 2.09. The van der Waals surface area contributed by atoms with Gasteiger partial charge in [0.2, 0.25) is 5.91 Å². The molecule has 0 radical (unpaired) electrons. The molecule has 1 amide bonds. The number of carbonyl (C=O) groups is 1. The first-order chi connectivity index (χ1) is 13.2. The maximum Gasteiger partial charge on any atom is 0.230 e. The molecule has 1 aromatic heterocycles. The van der Waals surface area contributed by atoms with Crippen molar-refractivity contribution >= 4 is 29.3 Å². The molecular weight excluding hydrogens is 382 g/mol. The fourth-order valence-electron chi connectivity index (χ4n) is 2.50. The number of thioether (sulfide) groups is 1. The highest BCUT2D eigenvalue weighted by Crippen LogP contribution is 2.19. The van der Waals surface area contributed by atoms with Crippen LogP contribution in [0.5, 0.6) is 5.75 Å². The molecule has 0 saturated heterocycles. The van der Waals surface area contributed by atoms with Crippen LogP contribution in [0, 0.1) is 0 Å². The first-order valence-corrected chi connectivity index (χ1v) is 9.79. The Morgan fingerprint density at radius 1 is 1.22 bits per heavy atom. The van der Waals surface area contributed by atoms with Crippen molar-refractivity contribution in [1.29, 1.82) is 0 Å². The fraction of sp³-hybridized carbons (Fsp3) is 0.200.